The van der Waals surface area contributed by atoms with Gasteiger partial charge in [0.05, 0.1) is 11.1 Å². The fourth-order valence-corrected chi connectivity index (χ4v) is 3.40. The Hall–Kier alpha value is -2.48. The van der Waals surface area contributed by atoms with Crippen molar-refractivity contribution in [1.82, 2.24) is 10.2 Å². The maximum Gasteiger partial charge on any atom is 0.416 e. The highest BCUT2D eigenvalue weighted by Crippen LogP contribution is 2.29. The van der Waals surface area contributed by atoms with Gasteiger partial charge < -0.3 is 10.2 Å². The number of nitrogens with one attached hydrogen (secondary N) is 1. The molecule has 1 aliphatic heterocycles. The number of likely N-dealkylation sites (tertiary alicyclic amines) is 1. The first-order valence-corrected chi connectivity index (χ1v) is 9.26. The van der Waals surface area contributed by atoms with Crippen molar-refractivity contribution in [2.75, 3.05) is 13.1 Å². The second-order valence-electron chi connectivity index (χ2n) is 6.63. The molecule has 148 valence electrons. The average Bonchev–Trinajstić information content (AvgIpc) is 2.68. The first-order chi connectivity index (χ1) is 13.3. The molecule has 0 radical (unpaired) electrons. The van der Waals surface area contributed by atoms with Crippen LogP contribution in [0.5, 0.6) is 0 Å². The first-order valence-electron chi connectivity index (χ1n) is 8.81. The van der Waals surface area contributed by atoms with E-state index in [1.807, 2.05) is 0 Å². The molecule has 0 atom stereocenters. The second kappa shape index (κ2) is 8.26. The number of hydrogen-bond acceptors (Lipinski definition) is 3. The molecule has 0 saturated carbocycles. The number of hydrogen-bond donors (Lipinski definition) is 2. The maximum atomic E-state index is 12.6. The summed E-state index contributed by atoms with van der Waals surface area (Å²) in [6.45, 7) is 0.848. The number of thiol groups is 1. The van der Waals surface area contributed by atoms with Crippen LogP contribution >= 0.6 is 12.6 Å². The van der Waals surface area contributed by atoms with Crippen molar-refractivity contribution in [3.63, 3.8) is 0 Å². The largest absolute Gasteiger partial charge is 0.416 e. The zero-order valence-corrected chi connectivity index (χ0v) is 15.8. The van der Waals surface area contributed by atoms with E-state index in [1.54, 1.807) is 29.2 Å². The average molecular weight is 408 g/mol. The van der Waals surface area contributed by atoms with Crippen molar-refractivity contribution in [3.05, 3.63) is 65.2 Å². The Labute approximate surface area is 166 Å². The standard InChI is InChI=1S/C20H19F3N2O2S/c21-20(22,23)14-7-5-13(6-8-14)19(27)25-11-9-15(10-12-25)24-18(26)16-3-1-2-4-17(16)28/h1-8,15,28H,9-12H2,(H,24,26). The molecule has 1 N–H and O–H groups in total. The molecular formula is C20H19F3N2O2S. The molecule has 0 bridgehead atoms. The van der Waals surface area contributed by atoms with E-state index in [2.05, 4.69) is 17.9 Å². The van der Waals surface area contributed by atoms with E-state index >= 15 is 0 Å². The van der Waals surface area contributed by atoms with Gasteiger partial charge in [-0.1, -0.05) is 12.1 Å². The number of rotatable bonds is 3. The molecule has 0 unspecified atom stereocenters. The van der Waals surface area contributed by atoms with Crippen molar-refractivity contribution >= 4 is 24.4 Å². The Morgan fingerprint density at radius 3 is 2.18 bits per heavy atom. The van der Waals surface area contributed by atoms with Gasteiger partial charge in [0.15, 0.2) is 0 Å². The third-order valence-corrected chi connectivity index (χ3v) is 5.12. The molecule has 1 aliphatic rings. The summed E-state index contributed by atoms with van der Waals surface area (Å²) in [5.41, 5.74) is -0.0662. The number of carbonyl (C=O) groups excluding carboxylic acids is 2. The summed E-state index contributed by atoms with van der Waals surface area (Å²) in [5.74, 6) is -0.516. The first kappa shape index (κ1) is 20.3. The molecule has 28 heavy (non-hydrogen) atoms. The van der Waals surface area contributed by atoms with E-state index in [4.69, 9.17) is 0 Å². The van der Waals surface area contributed by atoms with E-state index in [9.17, 15) is 22.8 Å². The second-order valence-corrected chi connectivity index (χ2v) is 7.11. The van der Waals surface area contributed by atoms with E-state index in [0.717, 1.165) is 12.1 Å². The maximum absolute atomic E-state index is 12.6. The molecule has 0 spiro atoms. The highest BCUT2D eigenvalue weighted by atomic mass is 32.1. The summed E-state index contributed by atoms with van der Waals surface area (Å²) >= 11 is 4.28. The van der Waals surface area contributed by atoms with Crippen LogP contribution in [0.1, 0.15) is 39.1 Å². The highest BCUT2D eigenvalue weighted by Gasteiger charge is 2.31. The van der Waals surface area contributed by atoms with E-state index in [-0.39, 0.29) is 23.4 Å². The predicted octanol–water partition coefficient (Wildman–Crippen LogP) is 4.03. The van der Waals surface area contributed by atoms with Crippen molar-refractivity contribution in [2.45, 2.75) is 30.0 Å². The van der Waals surface area contributed by atoms with Gasteiger partial charge in [-0.3, -0.25) is 9.59 Å². The highest BCUT2D eigenvalue weighted by molar-refractivity contribution is 7.80. The monoisotopic (exact) mass is 408 g/mol. The van der Waals surface area contributed by atoms with Crippen molar-refractivity contribution in [2.24, 2.45) is 0 Å². The summed E-state index contributed by atoms with van der Waals surface area (Å²) in [7, 11) is 0. The number of amides is 2. The Kier molecular flexibility index (Phi) is 5.98. The number of alkyl halides is 3. The van der Waals surface area contributed by atoms with Crippen LogP contribution in [0.2, 0.25) is 0 Å². The van der Waals surface area contributed by atoms with E-state index < -0.39 is 11.7 Å². The molecule has 4 nitrogen and oxygen atoms in total. The molecule has 2 aromatic rings. The van der Waals surface area contributed by atoms with Crippen LogP contribution in [0.4, 0.5) is 13.2 Å². The van der Waals surface area contributed by atoms with Gasteiger partial charge in [0.1, 0.15) is 0 Å². The van der Waals surface area contributed by atoms with Gasteiger partial charge >= 0.3 is 6.18 Å². The van der Waals surface area contributed by atoms with Gasteiger partial charge in [0.2, 0.25) is 0 Å². The minimum Gasteiger partial charge on any atom is -0.349 e. The molecule has 1 fully saturated rings. The lowest BCUT2D eigenvalue weighted by atomic mass is 10.0. The van der Waals surface area contributed by atoms with Gasteiger partial charge in [-0.15, -0.1) is 12.6 Å². The van der Waals surface area contributed by atoms with Gasteiger partial charge in [0, 0.05) is 29.6 Å². The minimum atomic E-state index is -4.43. The van der Waals surface area contributed by atoms with Gasteiger partial charge in [0.25, 0.3) is 11.8 Å². The van der Waals surface area contributed by atoms with Gasteiger partial charge in [-0.25, -0.2) is 0 Å². The number of benzene rings is 2. The fraction of sp³-hybridized carbons (Fsp3) is 0.300. The minimum absolute atomic E-state index is 0.0721. The SMILES string of the molecule is O=C(NC1CCN(C(=O)c2ccc(C(F)(F)F)cc2)CC1)c1ccccc1S. The number of halogens is 3. The molecular weight excluding hydrogens is 389 g/mol. The lowest BCUT2D eigenvalue weighted by Gasteiger charge is -2.32. The molecule has 8 heteroatoms. The van der Waals surface area contributed by atoms with Crippen LogP contribution in [0.25, 0.3) is 0 Å². The summed E-state index contributed by atoms with van der Waals surface area (Å²) in [4.78, 5) is 27.0. The van der Waals surface area contributed by atoms with Crippen molar-refractivity contribution in [1.29, 1.82) is 0 Å². The van der Waals surface area contributed by atoms with Crippen LogP contribution in [-0.4, -0.2) is 35.8 Å². The third-order valence-electron chi connectivity index (χ3n) is 4.73. The molecule has 0 aromatic heterocycles. The Morgan fingerprint density at radius 2 is 1.61 bits per heavy atom. The normalized spacial score (nSPS) is 15.4. The van der Waals surface area contributed by atoms with Crippen LogP contribution in [-0.2, 0) is 6.18 Å². The van der Waals surface area contributed by atoms with Crippen molar-refractivity contribution < 1.29 is 22.8 Å². The molecule has 1 heterocycles. The molecule has 2 amide bonds. The lowest BCUT2D eigenvalue weighted by molar-refractivity contribution is -0.137. The summed E-state index contributed by atoms with van der Waals surface area (Å²) in [6.07, 6.45) is -3.27. The zero-order valence-electron chi connectivity index (χ0n) is 14.9. The van der Waals surface area contributed by atoms with Gasteiger partial charge in [-0.05, 0) is 49.2 Å². The fourth-order valence-electron chi connectivity index (χ4n) is 3.14. The van der Waals surface area contributed by atoms with Crippen LogP contribution in [0.15, 0.2) is 53.4 Å². The zero-order chi connectivity index (χ0) is 20.3. The molecule has 1 saturated heterocycles. The summed E-state index contributed by atoms with van der Waals surface area (Å²) < 4.78 is 37.9. The lowest BCUT2D eigenvalue weighted by Crippen LogP contribution is -2.46. The topological polar surface area (TPSA) is 49.4 Å². The van der Waals surface area contributed by atoms with E-state index in [0.29, 0.717) is 36.4 Å². The molecule has 0 aliphatic carbocycles. The quantitative estimate of drug-likeness (QED) is 0.754. The smallest absolute Gasteiger partial charge is 0.349 e. The molecule has 2 aromatic carbocycles. The summed E-state index contributed by atoms with van der Waals surface area (Å²) in [6, 6.07) is 11.1. The van der Waals surface area contributed by atoms with Gasteiger partial charge in [-0.2, -0.15) is 13.2 Å². The van der Waals surface area contributed by atoms with Crippen LogP contribution in [0, 0.1) is 0 Å². The Bertz CT molecular complexity index is 860. The van der Waals surface area contributed by atoms with E-state index in [1.165, 1.54) is 12.1 Å². The third kappa shape index (κ3) is 4.67. The molecule has 3 rings (SSSR count). The van der Waals surface area contributed by atoms with Crippen LogP contribution < -0.4 is 5.32 Å². The summed E-state index contributed by atoms with van der Waals surface area (Å²) in [5, 5.41) is 2.95. The van der Waals surface area contributed by atoms with Crippen LogP contribution in [0.3, 0.4) is 0 Å². The Balaban J connectivity index is 1.55. The number of piperidine rings is 1. The predicted molar refractivity (Wildman–Crippen MR) is 102 cm³/mol. The number of nitrogens with zero attached hydrogens (tertiary/aromatic N) is 1. The number of carbonyl (C=O) groups is 2. The Morgan fingerprint density at radius 1 is 1.00 bits per heavy atom. The van der Waals surface area contributed by atoms with Crippen molar-refractivity contribution in [3.8, 4) is 0 Å².